The van der Waals surface area contributed by atoms with Gasteiger partial charge < -0.3 is 10.4 Å². The first kappa shape index (κ1) is 13.5. The molecular formula is C17H22N2O. The van der Waals surface area contributed by atoms with Gasteiger partial charge in [0.05, 0.1) is 6.10 Å². The van der Waals surface area contributed by atoms with E-state index in [1.165, 1.54) is 29.2 Å². The van der Waals surface area contributed by atoms with Gasteiger partial charge in [0, 0.05) is 30.9 Å². The van der Waals surface area contributed by atoms with Gasteiger partial charge in [-0.25, -0.2) is 0 Å². The molecule has 2 unspecified atom stereocenters. The Kier molecular flexibility index (Phi) is 4.28. The Bertz CT molecular complexity index is 564. The summed E-state index contributed by atoms with van der Waals surface area (Å²) in [7, 11) is 0. The molecule has 1 aliphatic rings. The minimum Gasteiger partial charge on any atom is -0.393 e. The third-order valence-electron chi connectivity index (χ3n) is 4.36. The lowest BCUT2D eigenvalue weighted by atomic mass is 9.86. The van der Waals surface area contributed by atoms with Crippen LogP contribution in [0.15, 0.2) is 36.7 Å². The van der Waals surface area contributed by atoms with Crippen LogP contribution >= 0.6 is 0 Å². The van der Waals surface area contributed by atoms with Crippen molar-refractivity contribution < 1.29 is 5.11 Å². The largest absolute Gasteiger partial charge is 0.393 e. The highest BCUT2D eigenvalue weighted by Crippen LogP contribution is 2.24. The zero-order valence-corrected chi connectivity index (χ0v) is 11.8. The number of aliphatic hydroxyl groups excluding tert-OH is 1. The van der Waals surface area contributed by atoms with E-state index < -0.39 is 0 Å². The van der Waals surface area contributed by atoms with Crippen molar-refractivity contribution in [2.75, 3.05) is 6.54 Å². The minimum absolute atomic E-state index is 0.118. The van der Waals surface area contributed by atoms with Crippen molar-refractivity contribution in [3.63, 3.8) is 0 Å². The van der Waals surface area contributed by atoms with Gasteiger partial charge in [-0.1, -0.05) is 31.0 Å². The van der Waals surface area contributed by atoms with Crippen molar-refractivity contribution in [1.29, 1.82) is 0 Å². The summed E-state index contributed by atoms with van der Waals surface area (Å²) in [5, 5.41) is 16.0. The maximum atomic E-state index is 9.99. The van der Waals surface area contributed by atoms with Crippen LogP contribution in [0.1, 0.15) is 31.2 Å². The second-order valence-electron chi connectivity index (χ2n) is 5.76. The summed E-state index contributed by atoms with van der Waals surface area (Å²) < 4.78 is 0. The molecule has 1 aromatic heterocycles. The Morgan fingerprint density at radius 3 is 3.00 bits per heavy atom. The van der Waals surface area contributed by atoms with E-state index in [0.29, 0.717) is 5.92 Å². The van der Waals surface area contributed by atoms with E-state index in [9.17, 15) is 5.11 Å². The molecule has 2 aromatic rings. The summed E-state index contributed by atoms with van der Waals surface area (Å²) in [6.07, 6.45) is 8.17. The van der Waals surface area contributed by atoms with E-state index in [1.807, 2.05) is 12.4 Å². The molecule has 0 radical (unpaired) electrons. The number of hydrogen-bond acceptors (Lipinski definition) is 3. The van der Waals surface area contributed by atoms with Crippen LogP contribution in [0.5, 0.6) is 0 Å². The third kappa shape index (κ3) is 3.00. The molecule has 2 N–H and O–H groups in total. The summed E-state index contributed by atoms with van der Waals surface area (Å²) in [4.78, 5) is 4.16. The van der Waals surface area contributed by atoms with Crippen LogP contribution in [0.25, 0.3) is 10.8 Å². The topological polar surface area (TPSA) is 45.1 Å². The number of hydrogen-bond donors (Lipinski definition) is 2. The van der Waals surface area contributed by atoms with E-state index in [4.69, 9.17) is 0 Å². The quantitative estimate of drug-likeness (QED) is 0.898. The fourth-order valence-corrected chi connectivity index (χ4v) is 3.16. The Hall–Kier alpha value is -1.45. The zero-order valence-electron chi connectivity index (χ0n) is 11.8. The first-order valence-corrected chi connectivity index (χ1v) is 7.55. The molecule has 0 aliphatic heterocycles. The van der Waals surface area contributed by atoms with Crippen LogP contribution in [0.4, 0.5) is 0 Å². The molecule has 0 saturated heterocycles. The zero-order chi connectivity index (χ0) is 13.8. The van der Waals surface area contributed by atoms with Crippen LogP contribution in [0.3, 0.4) is 0 Å². The van der Waals surface area contributed by atoms with Crippen LogP contribution in [0.2, 0.25) is 0 Å². The summed E-state index contributed by atoms with van der Waals surface area (Å²) >= 11 is 0. The maximum absolute atomic E-state index is 9.99. The predicted octanol–water partition coefficient (Wildman–Crippen LogP) is 2.88. The summed E-state index contributed by atoms with van der Waals surface area (Å²) in [6, 6.07) is 8.40. The van der Waals surface area contributed by atoms with E-state index in [0.717, 1.165) is 25.9 Å². The molecule has 1 aromatic carbocycles. The van der Waals surface area contributed by atoms with Crippen molar-refractivity contribution in [2.45, 2.75) is 38.3 Å². The molecule has 2 atom stereocenters. The predicted molar refractivity (Wildman–Crippen MR) is 81.4 cm³/mol. The lowest BCUT2D eigenvalue weighted by Gasteiger charge is -2.27. The first-order valence-electron chi connectivity index (χ1n) is 7.55. The number of nitrogens with one attached hydrogen (secondary N) is 1. The monoisotopic (exact) mass is 270 g/mol. The van der Waals surface area contributed by atoms with Crippen LogP contribution in [0, 0.1) is 5.92 Å². The van der Waals surface area contributed by atoms with Gasteiger partial charge in [0.25, 0.3) is 0 Å². The Labute approximate surface area is 120 Å². The molecule has 0 spiro atoms. The highest BCUT2D eigenvalue weighted by Gasteiger charge is 2.22. The van der Waals surface area contributed by atoms with E-state index >= 15 is 0 Å². The maximum Gasteiger partial charge on any atom is 0.0580 e. The van der Waals surface area contributed by atoms with Gasteiger partial charge in [-0.2, -0.15) is 0 Å². The normalized spacial score (nSPS) is 23.1. The summed E-state index contributed by atoms with van der Waals surface area (Å²) in [6.45, 7) is 1.76. The molecule has 106 valence electrons. The number of aromatic nitrogens is 1. The smallest absolute Gasteiger partial charge is 0.0580 e. The van der Waals surface area contributed by atoms with Gasteiger partial charge in [0.15, 0.2) is 0 Å². The summed E-state index contributed by atoms with van der Waals surface area (Å²) in [5.41, 5.74) is 1.30. The summed E-state index contributed by atoms with van der Waals surface area (Å²) in [5.74, 6) is 0.417. The van der Waals surface area contributed by atoms with Gasteiger partial charge >= 0.3 is 0 Å². The molecule has 20 heavy (non-hydrogen) atoms. The minimum atomic E-state index is -0.118. The number of pyridine rings is 1. The second kappa shape index (κ2) is 6.33. The molecular weight excluding hydrogens is 248 g/mol. The van der Waals surface area contributed by atoms with Gasteiger partial charge in [-0.05, 0) is 35.8 Å². The van der Waals surface area contributed by atoms with Crippen LogP contribution in [-0.2, 0) is 6.54 Å². The number of nitrogens with zero attached hydrogens (tertiary/aromatic N) is 1. The van der Waals surface area contributed by atoms with Gasteiger partial charge in [-0.3, -0.25) is 4.98 Å². The fraction of sp³-hybridized carbons (Fsp3) is 0.471. The molecule has 1 fully saturated rings. The van der Waals surface area contributed by atoms with E-state index in [-0.39, 0.29) is 6.10 Å². The molecule has 3 rings (SSSR count). The Morgan fingerprint density at radius 2 is 2.10 bits per heavy atom. The standard InChI is InChI=1S/C17H22N2O/c20-17-7-2-1-4-15(17)12-19-11-14-6-3-5-13-10-18-9-8-16(13)14/h3,5-6,8-10,15,17,19-20H,1-2,4,7,11-12H2. The number of rotatable bonds is 4. The van der Waals surface area contributed by atoms with Crippen LogP contribution < -0.4 is 5.32 Å². The number of fused-ring (bicyclic) bond motifs is 1. The molecule has 3 nitrogen and oxygen atoms in total. The van der Waals surface area contributed by atoms with Crippen molar-refractivity contribution in [3.05, 3.63) is 42.2 Å². The average Bonchev–Trinajstić information content (AvgIpc) is 2.49. The second-order valence-corrected chi connectivity index (χ2v) is 5.76. The Balaban J connectivity index is 1.62. The first-order chi connectivity index (χ1) is 9.84. The van der Waals surface area contributed by atoms with Gasteiger partial charge in [-0.15, -0.1) is 0 Å². The van der Waals surface area contributed by atoms with Crippen molar-refractivity contribution >= 4 is 10.8 Å². The average molecular weight is 270 g/mol. The molecule has 1 saturated carbocycles. The molecule has 0 amide bonds. The van der Waals surface area contributed by atoms with Crippen LogP contribution in [-0.4, -0.2) is 22.7 Å². The molecule has 1 aliphatic carbocycles. The highest BCUT2D eigenvalue weighted by atomic mass is 16.3. The Morgan fingerprint density at radius 1 is 1.20 bits per heavy atom. The van der Waals surface area contributed by atoms with Crippen molar-refractivity contribution in [1.82, 2.24) is 10.3 Å². The lowest BCUT2D eigenvalue weighted by molar-refractivity contribution is 0.0695. The lowest BCUT2D eigenvalue weighted by Crippen LogP contribution is -2.33. The highest BCUT2D eigenvalue weighted by molar-refractivity contribution is 5.84. The molecule has 0 bridgehead atoms. The van der Waals surface area contributed by atoms with Gasteiger partial charge in [0.1, 0.15) is 0 Å². The van der Waals surface area contributed by atoms with Crippen molar-refractivity contribution in [2.24, 2.45) is 5.92 Å². The van der Waals surface area contributed by atoms with Crippen molar-refractivity contribution in [3.8, 4) is 0 Å². The molecule has 3 heteroatoms. The van der Waals surface area contributed by atoms with E-state index in [2.05, 4.69) is 34.6 Å². The SMILES string of the molecule is OC1CCCCC1CNCc1cccc2cnccc12. The molecule has 1 heterocycles. The number of aliphatic hydroxyl groups is 1. The fourth-order valence-electron chi connectivity index (χ4n) is 3.16. The third-order valence-corrected chi connectivity index (χ3v) is 4.36. The van der Waals surface area contributed by atoms with E-state index in [1.54, 1.807) is 0 Å². The number of benzene rings is 1. The van der Waals surface area contributed by atoms with Gasteiger partial charge in [0.2, 0.25) is 0 Å².